The minimum absolute atomic E-state index is 0.160. The van der Waals surface area contributed by atoms with Gasteiger partial charge in [-0.05, 0) is 23.7 Å². The van der Waals surface area contributed by atoms with E-state index < -0.39 is 0 Å². The summed E-state index contributed by atoms with van der Waals surface area (Å²) >= 11 is 0. The molecule has 0 saturated carbocycles. The molecule has 0 aliphatic heterocycles. The molecule has 1 heteroatoms. The summed E-state index contributed by atoms with van der Waals surface area (Å²) in [5.74, 6) is 0.941. The van der Waals surface area contributed by atoms with E-state index in [1.54, 1.807) is 0 Å². The first-order valence-electron chi connectivity index (χ1n) is 5.44. The largest absolute Gasteiger partial charge is 0.303 e. The highest BCUT2D eigenvalue weighted by Gasteiger charge is 2.41. The molecule has 0 N–H and O–H groups in total. The second kappa shape index (κ2) is 3.52. The smallest absolute Gasteiger partial charge is 0.126 e. The highest BCUT2D eigenvalue weighted by molar-refractivity contribution is 5.60. The number of rotatable bonds is 1. The van der Waals surface area contributed by atoms with Crippen LogP contribution in [0.15, 0.2) is 12.2 Å². The molecule has 0 amide bonds. The van der Waals surface area contributed by atoms with E-state index in [9.17, 15) is 4.79 Å². The highest BCUT2D eigenvalue weighted by atomic mass is 16.1. The van der Waals surface area contributed by atoms with E-state index in [4.69, 9.17) is 0 Å². The summed E-state index contributed by atoms with van der Waals surface area (Å²) in [4.78, 5) is 11.1. The highest BCUT2D eigenvalue weighted by Crippen LogP contribution is 2.46. The van der Waals surface area contributed by atoms with Crippen molar-refractivity contribution in [3.8, 4) is 0 Å². The van der Waals surface area contributed by atoms with Crippen LogP contribution in [-0.4, -0.2) is 6.29 Å². The van der Waals surface area contributed by atoms with Gasteiger partial charge in [0.1, 0.15) is 6.29 Å². The Balaban J connectivity index is 2.97. The third-order valence-corrected chi connectivity index (χ3v) is 3.75. The maximum absolute atomic E-state index is 11.1. The summed E-state index contributed by atoms with van der Waals surface area (Å²) in [7, 11) is 0. The first-order chi connectivity index (χ1) is 6.31. The van der Waals surface area contributed by atoms with Crippen molar-refractivity contribution in [1.82, 2.24) is 0 Å². The van der Waals surface area contributed by atoms with Crippen LogP contribution >= 0.6 is 0 Å². The maximum Gasteiger partial charge on any atom is 0.126 e. The number of carbonyl (C=O) groups excluding carboxylic acids is 1. The predicted octanol–water partition coefficient (Wildman–Crippen LogP) is 3.45. The Bertz CT molecular complexity index is 246. The van der Waals surface area contributed by atoms with Gasteiger partial charge in [-0.2, -0.15) is 0 Å². The van der Waals surface area contributed by atoms with Crippen molar-refractivity contribution in [2.45, 2.75) is 41.0 Å². The lowest BCUT2D eigenvalue weighted by molar-refractivity contribution is -0.119. The third kappa shape index (κ3) is 1.92. The number of allylic oxidation sites excluding steroid dienone is 2. The van der Waals surface area contributed by atoms with Gasteiger partial charge < -0.3 is 4.79 Å². The average molecular weight is 194 g/mol. The fourth-order valence-electron chi connectivity index (χ4n) is 2.43. The van der Waals surface area contributed by atoms with Crippen LogP contribution in [0.1, 0.15) is 41.0 Å². The molecule has 0 aromatic carbocycles. The molecule has 1 aliphatic rings. The molecule has 0 spiro atoms. The molecular weight excluding hydrogens is 172 g/mol. The molecule has 1 nitrogen and oxygen atoms in total. The Morgan fingerprint density at radius 2 is 2.00 bits per heavy atom. The van der Waals surface area contributed by atoms with Gasteiger partial charge in [-0.1, -0.05) is 46.8 Å². The zero-order valence-corrected chi connectivity index (χ0v) is 10.0. The van der Waals surface area contributed by atoms with E-state index in [1.807, 2.05) is 0 Å². The van der Waals surface area contributed by atoms with Crippen LogP contribution in [-0.2, 0) is 4.79 Å². The second-order valence-corrected chi connectivity index (χ2v) is 5.94. The van der Waals surface area contributed by atoms with E-state index in [2.05, 4.69) is 46.8 Å². The molecule has 0 bridgehead atoms. The number of aldehydes is 1. The zero-order chi connectivity index (χ0) is 11.0. The molecule has 1 aliphatic carbocycles. The first kappa shape index (κ1) is 11.5. The van der Waals surface area contributed by atoms with Crippen LogP contribution in [0, 0.1) is 22.7 Å². The zero-order valence-electron chi connectivity index (χ0n) is 10.0. The van der Waals surface area contributed by atoms with Crippen molar-refractivity contribution in [2.24, 2.45) is 22.7 Å². The van der Waals surface area contributed by atoms with Crippen molar-refractivity contribution in [1.29, 1.82) is 0 Å². The Kier molecular flexibility index (Phi) is 2.89. The van der Waals surface area contributed by atoms with Gasteiger partial charge in [0.2, 0.25) is 0 Å². The van der Waals surface area contributed by atoms with Crippen molar-refractivity contribution < 1.29 is 4.79 Å². The minimum atomic E-state index is -0.160. The summed E-state index contributed by atoms with van der Waals surface area (Å²) in [6.45, 7) is 11.0. The molecule has 0 saturated heterocycles. The Morgan fingerprint density at radius 3 is 2.43 bits per heavy atom. The van der Waals surface area contributed by atoms with Crippen LogP contribution in [0.2, 0.25) is 0 Å². The lowest BCUT2D eigenvalue weighted by atomic mass is 9.60. The standard InChI is InChI=1S/C13H22O/c1-10-11(12(2,3)4)7-6-8-13(10,5)9-14/h6-7,9-11H,8H2,1-5H3/t10-,11+,13+/m1/s1. The molecule has 1 rings (SSSR count). The van der Waals surface area contributed by atoms with Gasteiger partial charge in [0.05, 0.1) is 0 Å². The normalized spacial score (nSPS) is 38.4. The molecule has 3 atom stereocenters. The topological polar surface area (TPSA) is 17.1 Å². The molecule has 0 unspecified atom stereocenters. The minimum Gasteiger partial charge on any atom is -0.303 e. The quantitative estimate of drug-likeness (QED) is 0.461. The second-order valence-electron chi connectivity index (χ2n) is 5.94. The maximum atomic E-state index is 11.1. The Hall–Kier alpha value is -0.590. The summed E-state index contributed by atoms with van der Waals surface area (Å²) in [5, 5.41) is 0. The van der Waals surface area contributed by atoms with E-state index in [1.165, 1.54) is 0 Å². The number of hydrogen-bond donors (Lipinski definition) is 0. The molecular formula is C13H22O. The van der Waals surface area contributed by atoms with Crippen LogP contribution < -0.4 is 0 Å². The van der Waals surface area contributed by atoms with E-state index in [-0.39, 0.29) is 10.8 Å². The van der Waals surface area contributed by atoms with Gasteiger partial charge >= 0.3 is 0 Å². The van der Waals surface area contributed by atoms with Gasteiger partial charge in [0.25, 0.3) is 0 Å². The molecule has 80 valence electrons. The van der Waals surface area contributed by atoms with Crippen LogP contribution in [0.3, 0.4) is 0 Å². The van der Waals surface area contributed by atoms with Gasteiger partial charge in [-0.3, -0.25) is 0 Å². The van der Waals surface area contributed by atoms with Gasteiger partial charge in [-0.25, -0.2) is 0 Å². The van der Waals surface area contributed by atoms with Crippen molar-refractivity contribution in [3.63, 3.8) is 0 Å². The monoisotopic (exact) mass is 194 g/mol. The van der Waals surface area contributed by atoms with Crippen molar-refractivity contribution in [2.75, 3.05) is 0 Å². The number of hydrogen-bond acceptors (Lipinski definition) is 1. The summed E-state index contributed by atoms with van der Waals surface area (Å²) in [5.41, 5.74) is 0.0906. The van der Waals surface area contributed by atoms with Crippen LogP contribution in [0.25, 0.3) is 0 Å². The molecule has 0 fully saturated rings. The van der Waals surface area contributed by atoms with Crippen molar-refractivity contribution >= 4 is 6.29 Å². The fourth-order valence-corrected chi connectivity index (χ4v) is 2.43. The van der Waals surface area contributed by atoms with E-state index in [0.717, 1.165) is 12.7 Å². The van der Waals surface area contributed by atoms with E-state index in [0.29, 0.717) is 11.8 Å². The lowest BCUT2D eigenvalue weighted by Crippen LogP contribution is -2.39. The summed E-state index contributed by atoms with van der Waals surface area (Å²) in [6.07, 6.45) is 6.49. The third-order valence-electron chi connectivity index (χ3n) is 3.75. The van der Waals surface area contributed by atoms with E-state index >= 15 is 0 Å². The van der Waals surface area contributed by atoms with Gasteiger partial charge in [0, 0.05) is 5.41 Å². The molecule has 0 aromatic heterocycles. The Labute approximate surface area is 87.6 Å². The first-order valence-corrected chi connectivity index (χ1v) is 5.44. The summed E-state index contributed by atoms with van der Waals surface area (Å²) in [6, 6.07) is 0. The Morgan fingerprint density at radius 1 is 1.43 bits per heavy atom. The summed E-state index contributed by atoms with van der Waals surface area (Å²) < 4.78 is 0. The molecule has 0 radical (unpaired) electrons. The number of carbonyl (C=O) groups is 1. The molecule has 14 heavy (non-hydrogen) atoms. The predicted molar refractivity (Wildman–Crippen MR) is 60.0 cm³/mol. The SMILES string of the molecule is C[C@@H]1[C@@H](C(C)(C)C)C=CC[C@@]1(C)C=O. The van der Waals surface area contributed by atoms with Crippen LogP contribution in [0.5, 0.6) is 0 Å². The molecule has 0 heterocycles. The average Bonchev–Trinajstić information content (AvgIpc) is 2.08. The molecule has 0 aromatic rings. The van der Waals surface area contributed by atoms with Crippen LogP contribution in [0.4, 0.5) is 0 Å². The van der Waals surface area contributed by atoms with Gasteiger partial charge in [0.15, 0.2) is 0 Å². The van der Waals surface area contributed by atoms with Gasteiger partial charge in [-0.15, -0.1) is 0 Å². The lowest BCUT2D eigenvalue weighted by Gasteiger charge is -2.43. The fraction of sp³-hybridized carbons (Fsp3) is 0.769. The van der Waals surface area contributed by atoms with Crippen molar-refractivity contribution in [3.05, 3.63) is 12.2 Å².